The number of benzene rings is 1. The number of anilines is 1. The lowest BCUT2D eigenvalue weighted by molar-refractivity contribution is -0.00832. The molecular formula is C33H50N4O7S2. The van der Waals surface area contributed by atoms with E-state index in [4.69, 9.17) is 9.47 Å². The van der Waals surface area contributed by atoms with Gasteiger partial charge in [0.25, 0.3) is 15.9 Å². The van der Waals surface area contributed by atoms with Crippen molar-refractivity contribution in [3.8, 4) is 5.75 Å². The van der Waals surface area contributed by atoms with E-state index in [1.165, 1.54) is 22.1 Å². The summed E-state index contributed by atoms with van der Waals surface area (Å²) in [6, 6.07) is 7.64. The Hall–Kier alpha value is -2.71. The van der Waals surface area contributed by atoms with Crippen LogP contribution in [0.4, 0.5) is 10.5 Å². The third kappa shape index (κ3) is 9.66. The van der Waals surface area contributed by atoms with E-state index in [1.54, 1.807) is 54.6 Å². The number of rotatable bonds is 8. The smallest absolute Gasteiger partial charge is 0.319 e. The van der Waals surface area contributed by atoms with E-state index >= 15 is 0 Å². The average molecular weight is 679 g/mol. The molecule has 3 N–H and O–H groups in total. The molecule has 1 aliphatic carbocycles. The van der Waals surface area contributed by atoms with Crippen LogP contribution in [0.2, 0.25) is 0 Å². The van der Waals surface area contributed by atoms with Crippen LogP contribution in [0.5, 0.6) is 5.75 Å². The zero-order chi connectivity index (χ0) is 33.3. The van der Waals surface area contributed by atoms with Crippen LogP contribution in [0.15, 0.2) is 39.9 Å². The molecule has 0 spiro atoms. The van der Waals surface area contributed by atoms with Crippen molar-refractivity contribution in [3.63, 3.8) is 0 Å². The molecule has 3 amide bonds. The number of sulfonamides is 1. The van der Waals surface area contributed by atoms with Gasteiger partial charge in [-0.05, 0) is 75.6 Å². The summed E-state index contributed by atoms with van der Waals surface area (Å²) in [5.41, 5.74) is 0.741. The molecule has 2 heterocycles. The van der Waals surface area contributed by atoms with Gasteiger partial charge in [-0.15, -0.1) is 11.3 Å². The number of aliphatic hydroxyl groups excluding tert-OH is 1. The molecular weight excluding hydrogens is 629 g/mol. The summed E-state index contributed by atoms with van der Waals surface area (Å²) in [6.07, 6.45) is 6.90. The topological polar surface area (TPSA) is 138 Å². The maximum absolute atomic E-state index is 14.3. The fraction of sp³-hybridized carbons (Fsp3) is 0.636. The first-order valence-corrected chi connectivity index (χ1v) is 18.7. The summed E-state index contributed by atoms with van der Waals surface area (Å²) in [6.45, 7) is 6.12. The number of nitrogens with one attached hydrogen (secondary N) is 2. The Labute approximate surface area is 277 Å². The molecule has 11 nitrogen and oxygen atoms in total. The zero-order valence-corrected chi connectivity index (χ0v) is 29.1. The van der Waals surface area contributed by atoms with Crippen LogP contribution in [-0.4, -0.2) is 92.3 Å². The number of likely N-dealkylation sites (N-methyl/N-ethyl adjacent to an activating group) is 1. The Balaban J connectivity index is 1.60. The predicted molar refractivity (Wildman–Crippen MR) is 180 cm³/mol. The second-order valence-electron chi connectivity index (χ2n) is 12.7. The van der Waals surface area contributed by atoms with Crippen LogP contribution in [-0.2, 0) is 14.8 Å². The molecule has 1 aromatic carbocycles. The highest BCUT2D eigenvalue weighted by molar-refractivity contribution is 7.91. The average Bonchev–Trinajstić information content (AvgIpc) is 3.59. The highest BCUT2D eigenvalue weighted by Gasteiger charge is 2.32. The highest BCUT2D eigenvalue weighted by atomic mass is 32.2. The van der Waals surface area contributed by atoms with Crippen LogP contribution in [0.3, 0.4) is 0 Å². The van der Waals surface area contributed by atoms with Gasteiger partial charge in [0.05, 0.1) is 30.4 Å². The lowest BCUT2D eigenvalue weighted by Gasteiger charge is -2.35. The van der Waals surface area contributed by atoms with Crippen molar-refractivity contribution >= 4 is 39.0 Å². The first kappa shape index (κ1) is 36.1. The molecule has 2 aliphatic rings. The van der Waals surface area contributed by atoms with Crippen molar-refractivity contribution in [3.05, 3.63) is 41.3 Å². The molecule has 1 fully saturated rings. The highest BCUT2D eigenvalue weighted by Crippen LogP contribution is 2.29. The molecule has 46 heavy (non-hydrogen) atoms. The third-order valence-corrected chi connectivity index (χ3v) is 12.0. The summed E-state index contributed by atoms with van der Waals surface area (Å²) in [5, 5.41) is 17.9. The minimum Gasteiger partial charge on any atom is -0.490 e. The van der Waals surface area contributed by atoms with E-state index in [9.17, 15) is 23.1 Å². The van der Waals surface area contributed by atoms with Gasteiger partial charge in [0, 0.05) is 44.4 Å². The molecule has 1 saturated carbocycles. The Morgan fingerprint density at radius 3 is 2.57 bits per heavy atom. The van der Waals surface area contributed by atoms with Crippen molar-refractivity contribution in [2.75, 3.05) is 38.7 Å². The van der Waals surface area contributed by atoms with Crippen molar-refractivity contribution in [2.24, 2.45) is 5.92 Å². The number of aliphatic hydroxyl groups is 1. The van der Waals surface area contributed by atoms with Crippen LogP contribution < -0.4 is 15.4 Å². The number of fused-ring (bicyclic) bond motifs is 1. The van der Waals surface area contributed by atoms with E-state index in [0.717, 1.165) is 44.9 Å². The minimum absolute atomic E-state index is 0.108. The van der Waals surface area contributed by atoms with Gasteiger partial charge in [0.1, 0.15) is 9.96 Å². The standard InChI is InChI=1S/C33H50N4O7S2/c1-23-20-37(24(2)22-38)32(39)28-19-27(35-33(40)34-26-12-6-5-7-13-26)15-16-29(28)44-25(3)11-8-9-17-43-30(23)21-36(4)46(41,42)31-14-10-18-45-31/h10,14-16,18-19,23-26,30,38H,5-9,11-13,17,20-22H2,1-4H3,(H2,34,35,40)/t23-,24+,25+,30-/m1/s1. The maximum atomic E-state index is 14.3. The lowest BCUT2D eigenvalue weighted by atomic mass is 9.96. The quantitative estimate of drug-likeness (QED) is 0.344. The Morgan fingerprint density at radius 1 is 1.13 bits per heavy atom. The normalized spacial score (nSPS) is 23.2. The first-order chi connectivity index (χ1) is 22.0. The summed E-state index contributed by atoms with van der Waals surface area (Å²) in [7, 11) is -2.16. The van der Waals surface area contributed by atoms with Gasteiger partial charge < -0.3 is 30.1 Å². The van der Waals surface area contributed by atoms with E-state index in [-0.39, 0.29) is 59.5 Å². The molecule has 256 valence electrons. The van der Waals surface area contributed by atoms with Gasteiger partial charge in [0.2, 0.25) is 0 Å². The van der Waals surface area contributed by atoms with Crippen molar-refractivity contribution in [1.82, 2.24) is 14.5 Å². The van der Waals surface area contributed by atoms with Gasteiger partial charge in [-0.1, -0.05) is 32.3 Å². The van der Waals surface area contributed by atoms with Gasteiger partial charge in [-0.2, -0.15) is 4.31 Å². The molecule has 4 atom stereocenters. The van der Waals surface area contributed by atoms with Gasteiger partial charge >= 0.3 is 6.03 Å². The number of carbonyl (C=O) groups is 2. The number of urea groups is 1. The number of hydrogen-bond acceptors (Lipinski definition) is 8. The van der Waals surface area contributed by atoms with E-state index in [1.807, 2.05) is 13.8 Å². The number of ether oxygens (including phenoxy) is 2. The fourth-order valence-electron chi connectivity index (χ4n) is 5.98. The Kier molecular flexibility index (Phi) is 13.3. The summed E-state index contributed by atoms with van der Waals surface area (Å²) >= 11 is 1.17. The fourth-order valence-corrected chi connectivity index (χ4v) is 8.36. The van der Waals surface area contributed by atoms with Crippen LogP contribution in [0.1, 0.15) is 82.5 Å². The van der Waals surface area contributed by atoms with Crippen molar-refractivity contribution in [1.29, 1.82) is 0 Å². The number of hydrogen-bond donors (Lipinski definition) is 3. The van der Waals surface area contributed by atoms with Crippen molar-refractivity contribution in [2.45, 2.75) is 101 Å². The molecule has 0 radical (unpaired) electrons. The largest absolute Gasteiger partial charge is 0.490 e. The first-order valence-electron chi connectivity index (χ1n) is 16.4. The Bertz CT molecular complexity index is 1380. The Morgan fingerprint density at radius 2 is 1.87 bits per heavy atom. The third-order valence-electron chi connectivity index (χ3n) is 8.85. The van der Waals surface area contributed by atoms with Gasteiger partial charge in [0.15, 0.2) is 0 Å². The number of nitrogens with zero attached hydrogens (tertiary/aromatic N) is 2. The number of amides is 3. The second kappa shape index (κ2) is 16.9. The van der Waals surface area contributed by atoms with Crippen LogP contribution >= 0.6 is 11.3 Å². The molecule has 1 aliphatic heterocycles. The van der Waals surface area contributed by atoms with E-state index in [0.29, 0.717) is 18.0 Å². The maximum Gasteiger partial charge on any atom is 0.319 e. The van der Waals surface area contributed by atoms with Crippen LogP contribution in [0.25, 0.3) is 0 Å². The number of carbonyl (C=O) groups excluding carboxylic acids is 2. The van der Waals surface area contributed by atoms with Gasteiger partial charge in [-0.25, -0.2) is 13.2 Å². The van der Waals surface area contributed by atoms with E-state index in [2.05, 4.69) is 10.6 Å². The summed E-state index contributed by atoms with van der Waals surface area (Å²) < 4.78 is 40.6. The monoisotopic (exact) mass is 678 g/mol. The predicted octanol–water partition coefficient (Wildman–Crippen LogP) is 5.32. The summed E-state index contributed by atoms with van der Waals surface area (Å²) in [5.74, 6) is -0.236. The number of thiophene rings is 1. The second-order valence-corrected chi connectivity index (χ2v) is 15.9. The molecule has 13 heteroatoms. The van der Waals surface area contributed by atoms with Gasteiger partial charge in [-0.3, -0.25) is 4.79 Å². The molecule has 0 bridgehead atoms. The summed E-state index contributed by atoms with van der Waals surface area (Å²) in [4.78, 5) is 28.8. The minimum atomic E-state index is -3.70. The SMILES string of the molecule is C[C@@H]1CN([C@@H](C)CO)C(=O)c2cc(NC(=O)NC3CCCCC3)ccc2O[C@@H](C)CCCCO[C@@H]1CN(C)S(=O)(=O)c1cccs1. The molecule has 0 unspecified atom stereocenters. The lowest BCUT2D eigenvalue weighted by Crippen LogP contribution is -2.48. The van der Waals surface area contributed by atoms with Crippen molar-refractivity contribution < 1.29 is 32.6 Å². The van der Waals surface area contributed by atoms with E-state index < -0.39 is 22.2 Å². The molecule has 1 aromatic heterocycles. The zero-order valence-electron chi connectivity index (χ0n) is 27.4. The molecule has 2 aromatic rings. The van der Waals surface area contributed by atoms with Crippen LogP contribution in [0, 0.1) is 5.92 Å². The molecule has 0 saturated heterocycles. The molecule has 4 rings (SSSR count).